The normalized spacial score (nSPS) is 11.3. The molecule has 0 saturated carbocycles. The smallest absolute Gasteiger partial charge is 0.315 e. The van der Waals surface area contributed by atoms with Crippen molar-refractivity contribution in [2.24, 2.45) is 5.10 Å². The summed E-state index contributed by atoms with van der Waals surface area (Å²) in [5, 5.41) is 15.3. The number of hydrogen-bond donors (Lipinski definition) is 1. The van der Waals surface area contributed by atoms with E-state index >= 15 is 0 Å². The van der Waals surface area contributed by atoms with Gasteiger partial charge >= 0.3 is 5.69 Å². The number of hydrogen-bond acceptors (Lipinski definition) is 7. The second-order valence-electron chi connectivity index (χ2n) is 6.27. The van der Waals surface area contributed by atoms with Crippen LogP contribution in [-0.4, -0.2) is 26.7 Å². The molecule has 0 fully saturated rings. The number of rotatable bonds is 9. The Bertz CT molecular complexity index is 1180. The summed E-state index contributed by atoms with van der Waals surface area (Å²) in [4.78, 5) is 13.1. The van der Waals surface area contributed by atoms with Gasteiger partial charge in [-0.15, -0.1) is 0 Å². The molecule has 0 aliphatic carbocycles. The van der Waals surface area contributed by atoms with E-state index in [0.29, 0.717) is 0 Å². The van der Waals surface area contributed by atoms with Gasteiger partial charge in [0, 0.05) is 11.6 Å². The Kier molecular flexibility index (Phi) is 6.83. The Morgan fingerprint density at radius 2 is 1.71 bits per heavy atom. The van der Waals surface area contributed by atoms with Crippen LogP contribution in [0.1, 0.15) is 11.1 Å². The van der Waals surface area contributed by atoms with Gasteiger partial charge in [0.25, 0.3) is 10.0 Å². The lowest BCUT2D eigenvalue weighted by atomic mass is 10.1. The van der Waals surface area contributed by atoms with Gasteiger partial charge in [-0.25, -0.2) is 4.83 Å². The Balaban J connectivity index is 1.84. The minimum absolute atomic E-state index is 0.0293. The maximum absolute atomic E-state index is 12.2. The number of nitrogens with one attached hydrogen (secondary N) is 1. The second kappa shape index (κ2) is 9.72. The predicted molar refractivity (Wildman–Crippen MR) is 115 cm³/mol. The molecule has 0 aromatic heterocycles. The fourth-order valence-corrected chi connectivity index (χ4v) is 3.48. The summed E-state index contributed by atoms with van der Waals surface area (Å²) < 4.78 is 35.3. The Morgan fingerprint density at radius 1 is 1.06 bits per heavy atom. The van der Waals surface area contributed by atoms with Crippen LogP contribution in [0, 0.1) is 10.1 Å². The summed E-state index contributed by atoms with van der Waals surface area (Å²) in [7, 11) is -2.50. The van der Waals surface area contributed by atoms with Gasteiger partial charge in [-0.3, -0.25) is 10.1 Å². The Labute approximate surface area is 179 Å². The van der Waals surface area contributed by atoms with Gasteiger partial charge in [0.1, 0.15) is 6.61 Å². The van der Waals surface area contributed by atoms with Crippen molar-refractivity contribution in [1.29, 1.82) is 0 Å². The largest absolute Gasteiger partial charge is 0.493 e. The molecule has 10 heteroatoms. The highest BCUT2D eigenvalue weighted by Gasteiger charge is 2.22. The lowest BCUT2D eigenvalue weighted by molar-refractivity contribution is -0.386. The molecule has 0 saturated heterocycles. The molecule has 1 N–H and O–H groups in total. The topological polar surface area (TPSA) is 120 Å². The molecule has 0 unspecified atom stereocenters. The third-order valence-electron chi connectivity index (χ3n) is 4.14. The van der Waals surface area contributed by atoms with Crippen molar-refractivity contribution in [3.8, 4) is 11.5 Å². The molecule has 0 aliphatic rings. The van der Waals surface area contributed by atoms with E-state index in [1.165, 1.54) is 31.4 Å². The fourth-order valence-electron chi connectivity index (χ4n) is 2.67. The van der Waals surface area contributed by atoms with E-state index in [-0.39, 0.29) is 34.3 Å². The first-order valence-electron chi connectivity index (χ1n) is 9.04. The fraction of sp³-hybridized carbons (Fsp3) is 0.0952. The molecular weight excluding hydrogens is 422 g/mol. The summed E-state index contributed by atoms with van der Waals surface area (Å²) in [6.45, 7) is 0.113. The molecule has 3 rings (SSSR count). The molecule has 3 aromatic rings. The molecule has 31 heavy (non-hydrogen) atoms. The SMILES string of the molecule is COc1cc(/C=N/NS(=O)(=O)c2ccccc2)cc([N+](=O)[O-])c1OCc1ccccc1. The van der Waals surface area contributed by atoms with Crippen molar-refractivity contribution in [3.05, 3.63) is 94.0 Å². The minimum Gasteiger partial charge on any atom is -0.493 e. The van der Waals surface area contributed by atoms with Gasteiger partial charge in [0.15, 0.2) is 5.75 Å². The molecule has 160 valence electrons. The molecule has 9 nitrogen and oxygen atoms in total. The number of hydrazone groups is 1. The van der Waals surface area contributed by atoms with Crippen molar-refractivity contribution in [3.63, 3.8) is 0 Å². The maximum atomic E-state index is 12.2. The van der Waals surface area contributed by atoms with E-state index in [9.17, 15) is 18.5 Å². The molecule has 0 atom stereocenters. The van der Waals surface area contributed by atoms with Gasteiger partial charge < -0.3 is 9.47 Å². The quantitative estimate of drug-likeness (QED) is 0.308. The monoisotopic (exact) mass is 441 g/mol. The third kappa shape index (κ3) is 5.58. The highest BCUT2D eigenvalue weighted by molar-refractivity contribution is 7.89. The van der Waals surface area contributed by atoms with E-state index in [1.807, 2.05) is 30.3 Å². The van der Waals surface area contributed by atoms with Gasteiger partial charge in [-0.2, -0.15) is 13.5 Å². The van der Waals surface area contributed by atoms with Gasteiger partial charge in [-0.1, -0.05) is 48.5 Å². The number of nitro groups is 1. The van der Waals surface area contributed by atoms with E-state index in [0.717, 1.165) is 11.8 Å². The van der Waals surface area contributed by atoms with Crippen LogP contribution in [0.25, 0.3) is 0 Å². The van der Waals surface area contributed by atoms with E-state index in [2.05, 4.69) is 9.93 Å². The second-order valence-corrected chi connectivity index (χ2v) is 7.93. The van der Waals surface area contributed by atoms with Crippen LogP contribution >= 0.6 is 0 Å². The number of methoxy groups -OCH3 is 1. The van der Waals surface area contributed by atoms with Crippen molar-refractivity contribution >= 4 is 21.9 Å². The molecule has 0 spiro atoms. The predicted octanol–water partition coefficient (Wildman–Crippen LogP) is 3.49. The Morgan fingerprint density at radius 3 is 2.32 bits per heavy atom. The summed E-state index contributed by atoms with van der Waals surface area (Å²) in [5.41, 5.74) is 0.758. The van der Waals surface area contributed by atoms with Crippen LogP contribution in [0.5, 0.6) is 11.5 Å². The van der Waals surface area contributed by atoms with E-state index in [1.54, 1.807) is 18.2 Å². The van der Waals surface area contributed by atoms with Gasteiger partial charge in [0.2, 0.25) is 5.75 Å². The summed E-state index contributed by atoms with van der Waals surface area (Å²) in [5.74, 6) is 0.0934. The average Bonchev–Trinajstić information content (AvgIpc) is 2.78. The zero-order chi connectivity index (χ0) is 22.3. The number of nitro benzene ring substituents is 1. The summed E-state index contributed by atoms with van der Waals surface area (Å²) >= 11 is 0. The molecule has 3 aromatic carbocycles. The van der Waals surface area contributed by atoms with E-state index < -0.39 is 14.9 Å². The zero-order valence-corrected chi connectivity index (χ0v) is 17.3. The highest BCUT2D eigenvalue weighted by atomic mass is 32.2. The number of nitrogens with zero attached hydrogens (tertiary/aromatic N) is 2. The number of ether oxygens (including phenoxy) is 2. The highest BCUT2D eigenvalue weighted by Crippen LogP contribution is 2.38. The minimum atomic E-state index is -3.86. The first-order valence-corrected chi connectivity index (χ1v) is 10.5. The summed E-state index contributed by atoms with van der Waals surface area (Å²) in [6, 6.07) is 19.6. The molecular formula is C21H19N3O6S. The van der Waals surface area contributed by atoms with Crippen LogP contribution < -0.4 is 14.3 Å². The molecule has 0 bridgehead atoms. The van der Waals surface area contributed by atoms with Crippen molar-refractivity contribution < 1.29 is 22.8 Å². The van der Waals surface area contributed by atoms with Crippen LogP contribution in [0.2, 0.25) is 0 Å². The van der Waals surface area contributed by atoms with Crippen LogP contribution in [-0.2, 0) is 16.6 Å². The average molecular weight is 441 g/mol. The van der Waals surface area contributed by atoms with Crippen molar-refractivity contribution in [2.45, 2.75) is 11.5 Å². The molecule has 0 radical (unpaired) electrons. The first-order chi connectivity index (χ1) is 14.9. The van der Waals surface area contributed by atoms with Gasteiger partial charge in [0.05, 0.1) is 23.1 Å². The zero-order valence-electron chi connectivity index (χ0n) is 16.5. The molecule has 0 heterocycles. The molecule has 0 amide bonds. The Hall–Kier alpha value is -3.92. The van der Waals surface area contributed by atoms with Crippen molar-refractivity contribution in [2.75, 3.05) is 7.11 Å². The first kappa shape index (κ1) is 21.8. The lowest BCUT2D eigenvalue weighted by Crippen LogP contribution is -2.18. The lowest BCUT2D eigenvalue weighted by Gasteiger charge is -2.12. The van der Waals surface area contributed by atoms with Crippen LogP contribution in [0.15, 0.2) is 82.8 Å². The van der Waals surface area contributed by atoms with Crippen LogP contribution in [0.3, 0.4) is 0 Å². The molecule has 0 aliphatic heterocycles. The third-order valence-corrected chi connectivity index (χ3v) is 5.38. The van der Waals surface area contributed by atoms with Crippen LogP contribution in [0.4, 0.5) is 5.69 Å². The standard InChI is InChI=1S/C21H19N3O6S/c1-29-20-13-17(14-22-23-31(27,28)18-10-6-3-7-11-18)12-19(24(25)26)21(20)30-15-16-8-4-2-5-9-16/h2-14,23H,15H2,1H3/b22-14+. The number of benzene rings is 3. The van der Waals surface area contributed by atoms with Crippen molar-refractivity contribution in [1.82, 2.24) is 4.83 Å². The van der Waals surface area contributed by atoms with E-state index in [4.69, 9.17) is 9.47 Å². The van der Waals surface area contributed by atoms with Gasteiger partial charge in [-0.05, 0) is 23.8 Å². The summed E-state index contributed by atoms with van der Waals surface area (Å²) in [6.07, 6.45) is 1.15. The maximum Gasteiger partial charge on any atom is 0.315 e. The number of sulfonamides is 1.